The van der Waals surface area contributed by atoms with Crippen molar-refractivity contribution in [2.45, 2.75) is 6.42 Å². The van der Waals surface area contributed by atoms with E-state index in [9.17, 15) is 9.59 Å². The fourth-order valence-electron chi connectivity index (χ4n) is 3.69. The molecule has 5 rings (SSSR count). The van der Waals surface area contributed by atoms with Gasteiger partial charge in [-0.2, -0.15) is 0 Å². The van der Waals surface area contributed by atoms with E-state index in [1.54, 1.807) is 30.5 Å². The Bertz CT molecular complexity index is 1340. The summed E-state index contributed by atoms with van der Waals surface area (Å²) >= 11 is 0. The molecule has 0 fully saturated rings. The lowest BCUT2D eigenvalue weighted by Crippen LogP contribution is -2.33. The molecule has 3 heterocycles. The minimum absolute atomic E-state index is 0.212. The monoisotopic (exact) mass is 441 g/mol. The second-order valence-electron chi connectivity index (χ2n) is 7.51. The largest absolute Gasteiger partial charge is 0.465 e. The quantitative estimate of drug-likeness (QED) is 0.446. The molecule has 0 radical (unpaired) electrons. The van der Waals surface area contributed by atoms with Gasteiger partial charge in [0.1, 0.15) is 12.1 Å². The van der Waals surface area contributed by atoms with Crippen LogP contribution in [0.1, 0.15) is 28.2 Å². The molecule has 0 saturated heterocycles. The number of rotatable bonds is 5. The molecule has 0 saturated carbocycles. The van der Waals surface area contributed by atoms with Gasteiger partial charge in [-0.05, 0) is 48.4 Å². The predicted octanol–water partition coefficient (Wildman–Crippen LogP) is 4.14. The van der Waals surface area contributed by atoms with E-state index >= 15 is 0 Å². The van der Waals surface area contributed by atoms with E-state index in [0.29, 0.717) is 42.3 Å². The number of nitrogens with zero attached hydrogens (tertiary/aromatic N) is 4. The highest BCUT2D eigenvalue weighted by Gasteiger charge is 2.20. The van der Waals surface area contributed by atoms with Gasteiger partial charge in [-0.25, -0.2) is 19.7 Å². The highest BCUT2D eigenvalue weighted by atomic mass is 16.5. The van der Waals surface area contributed by atoms with Gasteiger partial charge in [-0.1, -0.05) is 18.2 Å². The number of H-pyrrole nitrogens is 1. The van der Waals surface area contributed by atoms with Crippen molar-refractivity contribution in [2.75, 3.05) is 13.1 Å². The maximum Gasteiger partial charge on any atom is 0.407 e. The zero-order chi connectivity index (χ0) is 22.8. The molecule has 1 amide bonds. The molecule has 0 atom stereocenters. The van der Waals surface area contributed by atoms with E-state index in [1.807, 2.05) is 30.3 Å². The SMILES string of the molecule is O=C(c1ccc(Oc2ncncc2C2=CCN(C(=O)O)CC2)cc1)c1nc2ccccc2[nH]1. The number of benzene rings is 2. The Hall–Kier alpha value is -4.53. The Balaban J connectivity index is 1.34. The molecule has 0 aliphatic carbocycles. The number of hydrogen-bond acceptors (Lipinski definition) is 6. The van der Waals surface area contributed by atoms with E-state index < -0.39 is 6.09 Å². The second kappa shape index (κ2) is 8.54. The van der Waals surface area contributed by atoms with Crippen molar-refractivity contribution in [3.8, 4) is 11.6 Å². The van der Waals surface area contributed by atoms with Gasteiger partial charge in [0.05, 0.1) is 16.6 Å². The van der Waals surface area contributed by atoms with Gasteiger partial charge in [-0.15, -0.1) is 0 Å². The van der Waals surface area contributed by atoms with Crippen LogP contribution in [0.5, 0.6) is 11.6 Å². The highest BCUT2D eigenvalue weighted by molar-refractivity contribution is 6.08. The number of carbonyl (C=O) groups excluding carboxylic acids is 1. The van der Waals surface area contributed by atoms with Crippen LogP contribution in [0, 0.1) is 0 Å². The smallest absolute Gasteiger partial charge is 0.407 e. The first-order valence-electron chi connectivity index (χ1n) is 10.3. The summed E-state index contributed by atoms with van der Waals surface area (Å²) in [5.74, 6) is 0.953. The lowest BCUT2D eigenvalue weighted by Gasteiger charge is -2.24. The fraction of sp³-hybridized carbons (Fsp3) is 0.125. The third kappa shape index (κ3) is 4.16. The predicted molar refractivity (Wildman–Crippen MR) is 120 cm³/mol. The van der Waals surface area contributed by atoms with Crippen LogP contribution >= 0.6 is 0 Å². The first-order valence-corrected chi connectivity index (χ1v) is 10.3. The summed E-state index contributed by atoms with van der Waals surface area (Å²) in [6.07, 6.45) is 4.50. The summed E-state index contributed by atoms with van der Waals surface area (Å²) < 4.78 is 5.97. The third-order valence-electron chi connectivity index (χ3n) is 5.44. The van der Waals surface area contributed by atoms with Crippen LogP contribution in [-0.2, 0) is 0 Å². The Morgan fingerprint density at radius 2 is 1.91 bits per heavy atom. The average Bonchev–Trinajstić information content (AvgIpc) is 3.29. The molecular weight excluding hydrogens is 422 g/mol. The molecule has 9 heteroatoms. The zero-order valence-corrected chi connectivity index (χ0v) is 17.4. The Kier molecular flexibility index (Phi) is 5.27. The molecule has 1 aliphatic heterocycles. The van der Waals surface area contributed by atoms with Gasteiger partial charge in [-0.3, -0.25) is 4.79 Å². The summed E-state index contributed by atoms with van der Waals surface area (Å²) in [5, 5.41) is 9.13. The summed E-state index contributed by atoms with van der Waals surface area (Å²) in [5.41, 5.74) is 3.67. The average molecular weight is 441 g/mol. The normalized spacial score (nSPS) is 13.6. The molecule has 164 valence electrons. The number of amides is 1. The van der Waals surface area contributed by atoms with Crippen molar-refractivity contribution >= 4 is 28.5 Å². The number of aromatic nitrogens is 4. The van der Waals surface area contributed by atoms with Crippen molar-refractivity contribution in [2.24, 2.45) is 0 Å². The van der Waals surface area contributed by atoms with E-state index in [-0.39, 0.29) is 11.6 Å². The van der Waals surface area contributed by atoms with E-state index in [1.165, 1.54) is 11.2 Å². The first-order chi connectivity index (χ1) is 16.1. The molecule has 0 unspecified atom stereocenters. The van der Waals surface area contributed by atoms with Crippen molar-refractivity contribution in [1.29, 1.82) is 0 Å². The molecule has 33 heavy (non-hydrogen) atoms. The van der Waals surface area contributed by atoms with Gasteiger partial charge in [0, 0.05) is 24.8 Å². The molecule has 9 nitrogen and oxygen atoms in total. The first kappa shape index (κ1) is 20.4. The Morgan fingerprint density at radius 1 is 1.09 bits per heavy atom. The number of ether oxygens (including phenoxy) is 1. The number of ketones is 1. The van der Waals surface area contributed by atoms with E-state index in [2.05, 4.69) is 19.9 Å². The van der Waals surface area contributed by atoms with Gasteiger partial charge in [0.2, 0.25) is 11.7 Å². The van der Waals surface area contributed by atoms with Gasteiger partial charge >= 0.3 is 6.09 Å². The van der Waals surface area contributed by atoms with Crippen LogP contribution in [0.3, 0.4) is 0 Å². The topological polar surface area (TPSA) is 121 Å². The second-order valence-corrected chi connectivity index (χ2v) is 7.51. The number of imidazole rings is 1. The maximum absolute atomic E-state index is 12.8. The number of aromatic amines is 1. The maximum atomic E-state index is 12.8. The number of para-hydroxylation sites is 2. The Labute approximate surface area is 188 Å². The lowest BCUT2D eigenvalue weighted by molar-refractivity contribution is 0.103. The van der Waals surface area contributed by atoms with Crippen molar-refractivity contribution in [1.82, 2.24) is 24.8 Å². The van der Waals surface area contributed by atoms with Crippen LogP contribution in [-0.4, -0.2) is 54.9 Å². The number of nitrogens with one attached hydrogen (secondary N) is 1. The van der Waals surface area contributed by atoms with Crippen LogP contribution < -0.4 is 4.74 Å². The van der Waals surface area contributed by atoms with Crippen molar-refractivity contribution in [3.05, 3.63) is 84.1 Å². The van der Waals surface area contributed by atoms with Crippen LogP contribution in [0.4, 0.5) is 4.79 Å². The molecule has 4 aromatic rings. The zero-order valence-electron chi connectivity index (χ0n) is 17.4. The molecule has 2 aromatic heterocycles. The minimum atomic E-state index is -0.941. The fourth-order valence-corrected chi connectivity index (χ4v) is 3.69. The van der Waals surface area contributed by atoms with Crippen molar-refractivity contribution < 1.29 is 19.4 Å². The summed E-state index contributed by atoms with van der Waals surface area (Å²) in [6, 6.07) is 14.2. The molecule has 2 aromatic carbocycles. The van der Waals surface area contributed by atoms with Gasteiger partial charge in [0.15, 0.2) is 5.82 Å². The molecular formula is C24H19N5O4. The molecule has 2 N–H and O–H groups in total. The van der Waals surface area contributed by atoms with Crippen LogP contribution in [0.15, 0.2) is 67.1 Å². The number of carboxylic acid groups (broad SMARTS) is 1. The third-order valence-corrected chi connectivity index (χ3v) is 5.44. The highest BCUT2D eigenvalue weighted by Crippen LogP contribution is 2.31. The molecule has 0 spiro atoms. The van der Waals surface area contributed by atoms with E-state index in [4.69, 9.17) is 9.84 Å². The van der Waals surface area contributed by atoms with Crippen LogP contribution in [0.25, 0.3) is 16.6 Å². The standard InChI is InChI=1S/C24H19N5O4/c30-21(22-27-19-3-1-2-4-20(19)28-22)16-5-7-17(8-6-16)33-23-18(13-25-14-26-23)15-9-11-29(12-10-15)24(31)32/h1-9,13-14H,10-12H2,(H,27,28)(H,31,32). The number of hydrogen-bond donors (Lipinski definition) is 2. The Morgan fingerprint density at radius 3 is 2.64 bits per heavy atom. The lowest BCUT2D eigenvalue weighted by atomic mass is 10.0. The number of carbonyl (C=O) groups is 2. The van der Waals surface area contributed by atoms with Gasteiger partial charge in [0.25, 0.3) is 0 Å². The van der Waals surface area contributed by atoms with Crippen molar-refractivity contribution in [3.63, 3.8) is 0 Å². The molecule has 0 bridgehead atoms. The summed E-state index contributed by atoms with van der Waals surface area (Å²) in [4.78, 5) is 41.0. The molecule has 1 aliphatic rings. The minimum Gasteiger partial charge on any atom is -0.465 e. The van der Waals surface area contributed by atoms with E-state index in [0.717, 1.165) is 16.6 Å². The number of fused-ring (bicyclic) bond motifs is 1. The van der Waals surface area contributed by atoms with Crippen LogP contribution in [0.2, 0.25) is 0 Å². The van der Waals surface area contributed by atoms with Gasteiger partial charge < -0.3 is 19.7 Å². The summed E-state index contributed by atoms with van der Waals surface area (Å²) in [7, 11) is 0. The summed E-state index contributed by atoms with van der Waals surface area (Å²) in [6.45, 7) is 0.700.